The number of hydrogen-bond acceptors (Lipinski definition) is 5. The Labute approximate surface area is 120 Å². The van der Waals surface area contributed by atoms with Gasteiger partial charge in [0.1, 0.15) is 11.3 Å². The van der Waals surface area contributed by atoms with E-state index in [2.05, 4.69) is 0 Å². The van der Waals surface area contributed by atoms with Gasteiger partial charge in [-0.05, 0) is 18.6 Å². The summed E-state index contributed by atoms with van der Waals surface area (Å²) in [6.07, 6.45) is 0. The molecule has 0 bridgehead atoms. The van der Waals surface area contributed by atoms with Crippen LogP contribution in [-0.2, 0) is 9.53 Å². The Morgan fingerprint density at radius 1 is 1.30 bits per heavy atom. The molecule has 0 aliphatic rings. The van der Waals surface area contributed by atoms with Crippen LogP contribution in [0.25, 0.3) is 11.0 Å². The first-order chi connectivity index (χ1) is 9.47. The molecule has 106 valence electrons. The standard InChI is InChI=1S/C14H13ClO5/c1-7(14(17)19-3)8-5-13(16)20-11-6-12(18-2)10(15)4-9(8)11/h4-7H,1-3H3. The van der Waals surface area contributed by atoms with Crippen LogP contribution >= 0.6 is 11.6 Å². The number of rotatable bonds is 3. The molecule has 0 radical (unpaired) electrons. The molecule has 1 atom stereocenters. The Hall–Kier alpha value is -2.01. The maximum atomic E-state index is 11.7. The Morgan fingerprint density at radius 3 is 2.60 bits per heavy atom. The number of hydrogen-bond donors (Lipinski definition) is 0. The summed E-state index contributed by atoms with van der Waals surface area (Å²) in [6.45, 7) is 1.65. The Bertz CT molecular complexity index is 719. The predicted octanol–water partition coefficient (Wildman–Crippen LogP) is 2.73. The van der Waals surface area contributed by atoms with Crippen molar-refractivity contribution in [2.24, 2.45) is 0 Å². The molecular formula is C14H13ClO5. The van der Waals surface area contributed by atoms with Crippen LogP contribution in [-0.4, -0.2) is 20.2 Å². The highest BCUT2D eigenvalue weighted by molar-refractivity contribution is 6.32. The highest BCUT2D eigenvalue weighted by Gasteiger charge is 2.21. The van der Waals surface area contributed by atoms with Crippen LogP contribution in [0.2, 0.25) is 5.02 Å². The highest BCUT2D eigenvalue weighted by atomic mass is 35.5. The van der Waals surface area contributed by atoms with Gasteiger partial charge in [0.2, 0.25) is 0 Å². The van der Waals surface area contributed by atoms with Gasteiger partial charge in [-0.25, -0.2) is 4.79 Å². The molecule has 20 heavy (non-hydrogen) atoms. The van der Waals surface area contributed by atoms with Crippen molar-refractivity contribution in [1.82, 2.24) is 0 Å². The average molecular weight is 297 g/mol. The Morgan fingerprint density at radius 2 is 2.00 bits per heavy atom. The third kappa shape index (κ3) is 2.49. The van der Waals surface area contributed by atoms with Crippen LogP contribution in [0.3, 0.4) is 0 Å². The zero-order valence-electron chi connectivity index (χ0n) is 11.2. The minimum Gasteiger partial charge on any atom is -0.495 e. The minimum atomic E-state index is -0.601. The van der Waals surface area contributed by atoms with E-state index in [1.165, 1.54) is 26.4 Å². The van der Waals surface area contributed by atoms with Gasteiger partial charge < -0.3 is 13.9 Å². The van der Waals surface area contributed by atoms with Crippen molar-refractivity contribution < 1.29 is 18.7 Å². The van der Waals surface area contributed by atoms with Gasteiger partial charge in [0.05, 0.1) is 25.2 Å². The topological polar surface area (TPSA) is 65.7 Å². The van der Waals surface area contributed by atoms with E-state index in [1.54, 1.807) is 13.0 Å². The highest BCUT2D eigenvalue weighted by Crippen LogP contribution is 2.33. The van der Waals surface area contributed by atoms with E-state index in [4.69, 9.17) is 25.5 Å². The van der Waals surface area contributed by atoms with Crippen LogP contribution in [0.5, 0.6) is 5.75 Å². The second-order valence-corrected chi connectivity index (χ2v) is 4.66. The van der Waals surface area contributed by atoms with Crippen LogP contribution < -0.4 is 10.4 Å². The molecule has 0 amide bonds. The van der Waals surface area contributed by atoms with Crippen LogP contribution in [0.1, 0.15) is 18.4 Å². The molecule has 0 saturated carbocycles. The molecule has 1 aromatic carbocycles. The van der Waals surface area contributed by atoms with Crippen molar-refractivity contribution in [2.75, 3.05) is 14.2 Å². The van der Waals surface area contributed by atoms with E-state index in [0.717, 1.165) is 0 Å². The lowest BCUT2D eigenvalue weighted by Crippen LogP contribution is -2.13. The molecule has 0 saturated heterocycles. The number of fused-ring (bicyclic) bond motifs is 1. The third-order valence-corrected chi connectivity index (χ3v) is 3.37. The van der Waals surface area contributed by atoms with Gasteiger partial charge in [0, 0.05) is 17.5 Å². The van der Waals surface area contributed by atoms with Crippen LogP contribution in [0, 0.1) is 0 Å². The van der Waals surface area contributed by atoms with Crippen molar-refractivity contribution in [3.63, 3.8) is 0 Å². The number of ether oxygens (including phenoxy) is 2. The molecule has 2 aromatic rings. The van der Waals surface area contributed by atoms with Gasteiger partial charge in [0.15, 0.2) is 0 Å². The number of halogens is 1. The van der Waals surface area contributed by atoms with E-state index in [0.29, 0.717) is 27.3 Å². The first-order valence-corrected chi connectivity index (χ1v) is 6.24. The first kappa shape index (κ1) is 14.4. The van der Waals surface area contributed by atoms with E-state index in [-0.39, 0.29) is 0 Å². The van der Waals surface area contributed by atoms with Gasteiger partial charge in [-0.1, -0.05) is 11.6 Å². The number of esters is 1. The molecule has 0 aliphatic carbocycles. The quantitative estimate of drug-likeness (QED) is 0.643. The lowest BCUT2D eigenvalue weighted by atomic mass is 9.98. The number of carbonyl (C=O) groups excluding carboxylic acids is 1. The van der Waals surface area contributed by atoms with Crippen molar-refractivity contribution >= 4 is 28.5 Å². The number of benzene rings is 1. The van der Waals surface area contributed by atoms with Crippen molar-refractivity contribution in [3.05, 3.63) is 39.2 Å². The summed E-state index contributed by atoms with van der Waals surface area (Å²) in [6, 6.07) is 4.40. The average Bonchev–Trinajstić information content (AvgIpc) is 2.44. The first-order valence-electron chi connectivity index (χ1n) is 5.87. The molecule has 0 N–H and O–H groups in total. The summed E-state index contributed by atoms with van der Waals surface area (Å²) in [5.41, 5.74) is 0.268. The largest absolute Gasteiger partial charge is 0.495 e. The molecule has 1 unspecified atom stereocenters. The SMILES string of the molecule is COC(=O)C(C)c1cc(=O)oc2cc(OC)c(Cl)cc12. The lowest BCUT2D eigenvalue weighted by Gasteiger charge is -2.12. The fourth-order valence-electron chi connectivity index (χ4n) is 2.01. The zero-order chi connectivity index (χ0) is 14.9. The number of carbonyl (C=O) groups is 1. The monoisotopic (exact) mass is 296 g/mol. The van der Waals surface area contributed by atoms with Crippen molar-refractivity contribution in [1.29, 1.82) is 0 Å². The van der Waals surface area contributed by atoms with Gasteiger partial charge in [-0.3, -0.25) is 4.79 Å². The Balaban J connectivity index is 2.74. The molecule has 5 nitrogen and oxygen atoms in total. The molecule has 6 heteroatoms. The lowest BCUT2D eigenvalue weighted by molar-refractivity contribution is -0.141. The summed E-state index contributed by atoms with van der Waals surface area (Å²) in [4.78, 5) is 23.3. The zero-order valence-corrected chi connectivity index (χ0v) is 12.0. The predicted molar refractivity (Wildman–Crippen MR) is 74.5 cm³/mol. The van der Waals surface area contributed by atoms with Gasteiger partial charge >= 0.3 is 11.6 Å². The van der Waals surface area contributed by atoms with Crippen molar-refractivity contribution in [3.8, 4) is 5.75 Å². The third-order valence-electron chi connectivity index (χ3n) is 3.07. The van der Waals surface area contributed by atoms with E-state index < -0.39 is 17.5 Å². The van der Waals surface area contributed by atoms with Gasteiger partial charge in [-0.2, -0.15) is 0 Å². The van der Waals surface area contributed by atoms with E-state index in [1.807, 2.05) is 0 Å². The Kier molecular flexibility index (Phi) is 3.99. The summed E-state index contributed by atoms with van der Waals surface area (Å²) in [5, 5.41) is 0.945. The summed E-state index contributed by atoms with van der Waals surface area (Å²) in [7, 11) is 2.76. The molecule has 2 rings (SSSR count). The summed E-state index contributed by atoms with van der Waals surface area (Å²) < 4.78 is 14.9. The van der Waals surface area contributed by atoms with E-state index >= 15 is 0 Å². The second-order valence-electron chi connectivity index (χ2n) is 4.25. The maximum Gasteiger partial charge on any atom is 0.336 e. The molecular weight excluding hydrogens is 284 g/mol. The molecule has 0 spiro atoms. The van der Waals surface area contributed by atoms with Gasteiger partial charge in [0.25, 0.3) is 0 Å². The number of methoxy groups -OCH3 is 2. The fraction of sp³-hybridized carbons (Fsp3) is 0.286. The van der Waals surface area contributed by atoms with E-state index in [9.17, 15) is 9.59 Å². The van der Waals surface area contributed by atoms with Crippen molar-refractivity contribution in [2.45, 2.75) is 12.8 Å². The molecule has 0 aliphatic heterocycles. The second kappa shape index (κ2) is 5.54. The fourth-order valence-corrected chi connectivity index (χ4v) is 2.25. The normalized spacial score (nSPS) is 12.2. The molecule has 1 aromatic heterocycles. The minimum absolute atomic E-state index is 0.310. The van der Waals surface area contributed by atoms with Gasteiger partial charge in [-0.15, -0.1) is 0 Å². The summed E-state index contributed by atoms with van der Waals surface area (Å²) >= 11 is 6.07. The van der Waals surface area contributed by atoms with Crippen LogP contribution in [0.4, 0.5) is 0 Å². The molecule has 1 heterocycles. The van der Waals surface area contributed by atoms with Crippen LogP contribution in [0.15, 0.2) is 27.4 Å². The summed E-state index contributed by atoms with van der Waals surface area (Å²) in [5.74, 6) is -0.648. The maximum absolute atomic E-state index is 11.7. The molecule has 0 fully saturated rings. The smallest absolute Gasteiger partial charge is 0.336 e.